The van der Waals surface area contributed by atoms with Gasteiger partial charge >= 0.3 is 0 Å². The lowest BCUT2D eigenvalue weighted by atomic mass is 10.0. The van der Waals surface area contributed by atoms with E-state index >= 15 is 0 Å². The summed E-state index contributed by atoms with van der Waals surface area (Å²) in [6, 6.07) is 17.6. The quantitative estimate of drug-likeness (QED) is 0.716. The number of anilines is 1. The van der Waals surface area contributed by atoms with E-state index in [1.165, 1.54) is 5.56 Å². The molecule has 2 nitrogen and oxygen atoms in total. The average molecular weight is 263 g/mol. The van der Waals surface area contributed by atoms with Crippen molar-refractivity contribution in [3.05, 3.63) is 77.9 Å². The van der Waals surface area contributed by atoms with Crippen LogP contribution in [0.4, 0.5) is 5.69 Å². The lowest BCUT2D eigenvalue weighted by molar-refractivity contribution is 0.0987. The third-order valence-electron chi connectivity index (χ3n) is 3.57. The first kappa shape index (κ1) is 12.7. The number of allylic oxidation sites excluding steroid dienone is 1. The van der Waals surface area contributed by atoms with Crippen LogP contribution < -0.4 is 4.90 Å². The van der Waals surface area contributed by atoms with Gasteiger partial charge in [-0.3, -0.25) is 4.79 Å². The normalized spacial score (nSPS) is 15.9. The van der Waals surface area contributed by atoms with E-state index in [0.29, 0.717) is 0 Å². The summed E-state index contributed by atoms with van der Waals surface area (Å²) in [5.41, 5.74) is 2.98. The van der Waals surface area contributed by atoms with Gasteiger partial charge < -0.3 is 4.90 Å². The second-order valence-electron chi connectivity index (χ2n) is 4.92. The number of hydrogen-bond donors (Lipinski definition) is 0. The molecular formula is C18H17NO. The summed E-state index contributed by atoms with van der Waals surface area (Å²) in [5, 5.41) is 0. The molecule has 0 saturated heterocycles. The minimum atomic E-state index is 0.0772. The van der Waals surface area contributed by atoms with E-state index < -0.39 is 0 Å². The largest absolute Gasteiger partial charge is 0.308 e. The molecule has 0 N–H and O–H groups in total. The van der Waals surface area contributed by atoms with Crippen molar-refractivity contribution < 1.29 is 4.79 Å². The highest BCUT2D eigenvalue weighted by molar-refractivity contribution is 6.06. The minimum Gasteiger partial charge on any atom is -0.308 e. The van der Waals surface area contributed by atoms with Crippen molar-refractivity contribution in [3.8, 4) is 0 Å². The number of hydrogen-bond acceptors (Lipinski definition) is 1. The lowest BCUT2D eigenvalue weighted by Crippen LogP contribution is -2.33. The van der Waals surface area contributed by atoms with Gasteiger partial charge in [-0.1, -0.05) is 48.6 Å². The van der Waals surface area contributed by atoms with Crippen molar-refractivity contribution in [2.24, 2.45) is 0 Å². The molecule has 0 radical (unpaired) electrons. The van der Waals surface area contributed by atoms with E-state index in [2.05, 4.69) is 18.2 Å². The maximum absolute atomic E-state index is 12.7. The zero-order valence-corrected chi connectivity index (χ0v) is 11.3. The highest BCUT2D eigenvalue weighted by Gasteiger charge is 2.19. The summed E-state index contributed by atoms with van der Waals surface area (Å²) in [5.74, 6) is 0.0772. The molecule has 2 aromatic carbocycles. The predicted octanol–water partition coefficient (Wildman–Crippen LogP) is 3.84. The van der Waals surface area contributed by atoms with Crippen molar-refractivity contribution in [2.45, 2.75) is 12.8 Å². The van der Waals surface area contributed by atoms with Crippen LogP contribution >= 0.6 is 0 Å². The van der Waals surface area contributed by atoms with E-state index in [-0.39, 0.29) is 5.91 Å². The van der Waals surface area contributed by atoms with Crippen LogP contribution in [-0.4, -0.2) is 12.5 Å². The summed E-state index contributed by atoms with van der Waals surface area (Å²) in [6.07, 6.45) is 6.12. The smallest absolute Gasteiger partial charge is 0.258 e. The molecule has 0 aromatic heterocycles. The molecule has 0 atom stereocenters. The second-order valence-corrected chi connectivity index (χ2v) is 4.92. The fourth-order valence-electron chi connectivity index (χ4n) is 2.55. The van der Waals surface area contributed by atoms with Gasteiger partial charge in [0.1, 0.15) is 0 Å². The zero-order chi connectivity index (χ0) is 13.8. The van der Waals surface area contributed by atoms with Gasteiger partial charge in [0.2, 0.25) is 0 Å². The van der Waals surface area contributed by atoms with Gasteiger partial charge in [-0.2, -0.15) is 0 Å². The van der Waals surface area contributed by atoms with E-state index in [1.807, 2.05) is 53.4 Å². The topological polar surface area (TPSA) is 20.3 Å². The maximum atomic E-state index is 12.7. The fourth-order valence-corrected chi connectivity index (χ4v) is 2.55. The molecule has 0 bridgehead atoms. The molecule has 1 heterocycles. The van der Waals surface area contributed by atoms with Gasteiger partial charge in [0, 0.05) is 17.8 Å². The van der Waals surface area contributed by atoms with Crippen molar-refractivity contribution in [1.82, 2.24) is 0 Å². The molecule has 2 heteroatoms. The van der Waals surface area contributed by atoms with E-state index in [9.17, 15) is 4.79 Å². The monoisotopic (exact) mass is 263 g/mol. The molecule has 0 spiro atoms. The fraction of sp³-hybridized carbons (Fsp3) is 0.167. The number of carbonyl (C=O) groups excluding carboxylic acids is 1. The Hall–Kier alpha value is -2.35. The molecule has 1 aliphatic rings. The molecule has 0 saturated carbocycles. The van der Waals surface area contributed by atoms with Crippen LogP contribution in [0, 0.1) is 0 Å². The highest BCUT2D eigenvalue weighted by atomic mass is 16.2. The molecule has 1 amide bonds. The van der Waals surface area contributed by atoms with Gasteiger partial charge in [0.05, 0.1) is 0 Å². The Morgan fingerprint density at radius 1 is 0.900 bits per heavy atom. The Bertz CT molecular complexity index is 631. The van der Waals surface area contributed by atoms with Gasteiger partial charge in [-0.25, -0.2) is 0 Å². The van der Waals surface area contributed by atoms with Crippen LogP contribution in [-0.2, 0) is 6.42 Å². The minimum absolute atomic E-state index is 0.0772. The van der Waals surface area contributed by atoms with Crippen LogP contribution in [0.1, 0.15) is 22.3 Å². The SMILES string of the molecule is O=C(c1ccccc1)N1CC/C=C\Cc2ccccc21. The summed E-state index contributed by atoms with van der Waals surface area (Å²) >= 11 is 0. The third kappa shape index (κ3) is 2.50. The molecule has 100 valence electrons. The third-order valence-corrected chi connectivity index (χ3v) is 3.57. The molecule has 0 fully saturated rings. The van der Waals surface area contributed by atoms with Crippen LogP contribution in [0.15, 0.2) is 66.7 Å². The number of para-hydroxylation sites is 1. The van der Waals surface area contributed by atoms with Crippen molar-refractivity contribution in [1.29, 1.82) is 0 Å². The van der Waals surface area contributed by atoms with Gasteiger partial charge in [0.25, 0.3) is 5.91 Å². The van der Waals surface area contributed by atoms with Gasteiger partial charge in [-0.05, 0) is 36.6 Å². The number of benzene rings is 2. The summed E-state index contributed by atoms with van der Waals surface area (Å²) < 4.78 is 0. The Kier molecular flexibility index (Phi) is 3.64. The summed E-state index contributed by atoms with van der Waals surface area (Å²) in [6.45, 7) is 0.723. The first-order valence-corrected chi connectivity index (χ1v) is 6.96. The first-order valence-electron chi connectivity index (χ1n) is 6.96. The van der Waals surface area contributed by atoms with Crippen molar-refractivity contribution in [2.75, 3.05) is 11.4 Å². The highest BCUT2D eigenvalue weighted by Crippen LogP contribution is 2.25. The predicted molar refractivity (Wildman–Crippen MR) is 82.0 cm³/mol. The van der Waals surface area contributed by atoms with E-state index in [4.69, 9.17) is 0 Å². The lowest BCUT2D eigenvalue weighted by Gasteiger charge is -2.26. The standard InChI is InChI=1S/C18H17NO/c20-18(16-11-3-1-4-12-16)19-14-8-2-5-9-15-10-6-7-13-17(15)19/h1-7,10-13H,8-9,14H2/b5-2-. The van der Waals surface area contributed by atoms with Crippen LogP contribution in [0.3, 0.4) is 0 Å². The number of fused-ring (bicyclic) bond motifs is 1. The Morgan fingerprint density at radius 2 is 1.65 bits per heavy atom. The van der Waals surface area contributed by atoms with Crippen LogP contribution in [0.25, 0.3) is 0 Å². The Labute approximate surface area is 119 Å². The summed E-state index contributed by atoms with van der Waals surface area (Å²) in [7, 11) is 0. The number of rotatable bonds is 1. The first-order chi connectivity index (χ1) is 9.86. The zero-order valence-electron chi connectivity index (χ0n) is 11.3. The Morgan fingerprint density at radius 3 is 2.50 bits per heavy atom. The number of amides is 1. The molecule has 3 rings (SSSR count). The Balaban J connectivity index is 2.00. The van der Waals surface area contributed by atoms with Crippen LogP contribution in [0.2, 0.25) is 0 Å². The second kappa shape index (κ2) is 5.74. The van der Waals surface area contributed by atoms with Crippen molar-refractivity contribution >= 4 is 11.6 Å². The van der Waals surface area contributed by atoms with E-state index in [0.717, 1.165) is 30.6 Å². The number of nitrogens with zero attached hydrogens (tertiary/aromatic N) is 1. The molecule has 2 aromatic rings. The molecule has 1 aliphatic heterocycles. The molecular weight excluding hydrogens is 246 g/mol. The average Bonchev–Trinajstić information content (AvgIpc) is 2.49. The molecule has 0 unspecified atom stereocenters. The van der Waals surface area contributed by atoms with Crippen molar-refractivity contribution in [3.63, 3.8) is 0 Å². The molecule has 20 heavy (non-hydrogen) atoms. The van der Waals surface area contributed by atoms with Gasteiger partial charge in [-0.15, -0.1) is 0 Å². The molecule has 0 aliphatic carbocycles. The number of carbonyl (C=O) groups is 1. The maximum Gasteiger partial charge on any atom is 0.258 e. The van der Waals surface area contributed by atoms with E-state index in [1.54, 1.807) is 0 Å². The summed E-state index contributed by atoms with van der Waals surface area (Å²) in [4.78, 5) is 14.6. The van der Waals surface area contributed by atoms with Gasteiger partial charge in [0.15, 0.2) is 0 Å². The van der Waals surface area contributed by atoms with Crippen LogP contribution in [0.5, 0.6) is 0 Å².